The third-order valence-electron chi connectivity index (χ3n) is 5.49. The fourth-order valence-electron chi connectivity index (χ4n) is 3.71. The minimum Gasteiger partial charge on any atom is -0.370 e. The Morgan fingerprint density at radius 1 is 1.06 bits per heavy atom. The first-order valence-corrected chi connectivity index (χ1v) is 10.6. The van der Waals surface area contributed by atoms with Gasteiger partial charge in [0.15, 0.2) is 5.96 Å². The van der Waals surface area contributed by atoms with Crippen LogP contribution in [0, 0.1) is 6.92 Å². The lowest BCUT2D eigenvalue weighted by atomic mass is 10.1. The number of guanidine groups is 1. The van der Waals surface area contributed by atoms with E-state index in [4.69, 9.17) is 17.3 Å². The number of nitrogens with zero attached hydrogens (tertiary/aromatic N) is 5. The zero-order valence-electron chi connectivity index (χ0n) is 17.6. The van der Waals surface area contributed by atoms with Gasteiger partial charge in [0, 0.05) is 55.8 Å². The fourth-order valence-corrected chi connectivity index (χ4v) is 3.84. The number of piperazine rings is 1. The fraction of sp³-hybridized carbons (Fsp3) is 0.304. The molecule has 0 amide bonds. The summed E-state index contributed by atoms with van der Waals surface area (Å²) in [6.07, 6.45) is 3.83. The third kappa shape index (κ3) is 6.13. The van der Waals surface area contributed by atoms with Crippen LogP contribution in [0.4, 0.5) is 5.69 Å². The van der Waals surface area contributed by atoms with Crippen molar-refractivity contribution in [2.75, 3.05) is 31.1 Å². The highest BCUT2D eigenvalue weighted by molar-refractivity contribution is 14.0. The van der Waals surface area contributed by atoms with Crippen LogP contribution in [-0.4, -0.2) is 46.6 Å². The molecule has 2 N–H and O–H groups in total. The summed E-state index contributed by atoms with van der Waals surface area (Å²) in [6.45, 7) is 6.96. The highest BCUT2D eigenvalue weighted by Gasteiger charge is 2.18. The maximum atomic E-state index is 6.30. The highest BCUT2D eigenvalue weighted by atomic mass is 127. The first-order valence-electron chi connectivity index (χ1n) is 10.2. The molecule has 6 nitrogen and oxygen atoms in total. The Labute approximate surface area is 205 Å². The summed E-state index contributed by atoms with van der Waals surface area (Å²) >= 11 is 5.99. The molecule has 1 aliphatic heterocycles. The number of hydrogen-bond acceptors (Lipinski definition) is 3. The van der Waals surface area contributed by atoms with Crippen LogP contribution < -0.4 is 10.6 Å². The van der Waals surface area contributed by atoms with Crippen molar-refractivity contribution >= 4 is 47.2 Å². The van der Waals surface area contributed by atoms with Gasteiger partial charge in [0.1, 0.15) is 5.82 Å². The number of aromatic nitrogens is 2. The zero-order valence-corrected chi connectivity index (χ0v) is 20.7. The second kappa shape index (κ2) is 10.9. The average molecular weight is 551 g/mol. The Morgan fingerprint density at radius 2 is 1.77 bits per heavy atom. The van der Waals surface area contributed by atoms with E-state index in [1.54, 1.807) is 0 Å². The summed E-state index contributed by atoms with van der Waals surface area (Å²) < 4.78 is 2.14. The molecule has 0 unspecified atom stereocenters. The van der Waals surface area contributed by atoms with Gasteiger partial charge in [-0.15, -0.1) is 24.0 Å². The maximum Gasteiger partial charge on any atom is 0.191 e. The number of aliphatic imine (C=N–C) groups is 1. The smallest absolute Gasteiger partial charge is 0.191 e. The zero-order chi connectivity index (χ0) is 20.9. The number of aryl methyl sites for hydroxylation is 1. The lowest BCUT2D eigenvalue weighted by Crippen LogP contribution is -2.51. The van der Waals surface area contributed by atoms with E-state index in [-0.39, 0.29) is 24.0 Å². The monoisotopic (exact) mass is 550 g/mol. The van der Waals surface area contributed by atoms with Crippen LogP contribution >= 0.6 is 35.6 Å². The Kier molecular flexibility index (Phi) is 8.20. The molecule has 0 bridgehead atoms. The van der Waals surface area contributed by atoms with Crippen LogP contribution in [0.5, 0.6) is 0 Å². The van der Waals surface area contributed by atoms with E-state index in [0.717, 1.165) is 49.1 Å². The molecule has 1 aromatic heterocycles. The number of imidazole rings is 1. The van der Waals surface area contributed by atoms with E-state index in [1.807, 2.05) is 31.5 Å². The molecule has 0 spiro atoms. The number of nitrogens with two attached hydrogens (primary N) is 1. The minimum absolute atomic E-state index is 0. The molecule has 8 heteroatoms. The summed E-state index contributed by atoms with van der Waals surface area (Å²) in [5.41, 5.74) is 9.88. The molecule has 0 atom stereocenters. The van der Waals surface area contributed by atoms with E-state index in [2.05, 4.69) is 60.7 Å². The van der Waals surface area contributed by atoms with Gasteiger partial charge in [-0.05, 0) is 42.3 Å². The predicted octanol–water partition coefficient (Wildman–Crippen LogP) is 4.15. The van der Waals surface area contributed by atoms with E-state index < -0.39 is 0 Å². The molecule has 0 aliphatic carbocycles. The van der Waals surface area contributed by atoms with Crippen molar-refractivity contribution in [3.05, 3.63) is 82.9 Å². The van der Waals surface area contributed by atoms with Crippen molar-refractivity contribution in [3.8, 4) is 0 Å². The number of hydrogen-bond donors (Lipinski definition) is 1. The second-order valence-electron chi connectivity index (χ2n) is 7.55. The first-order chi connectivity index (χ1) is 14.6. The van der Waals surface area contributed by atoms with E-state index in [0.29, 0.717) is 12.5 Å². The molecule has 1 aliphatic rings. The van der Waals surface area contributed by atoms with E-state index in [9.17, 15) is 0 Å². The van der Waals surface area contributed by atoms with Gasteiger partial charge in [-0.2, -0.15) is 0 Å². The maximum absolute atomic E-state index is 6.30. The molecule has 3 aromatic rings. The Hall–Kier alpha value is -2.26. The Morgan fingerprint density at radius 3 is 2.45 bits per heavy atom. The van der Waals surface area contributed by atoms with Crippen LogP contribution in [0.15, 0.2) is 65.9 Å². The van der Waals surface area contributed by atoms with Gasteiger partial charge in [0.25, 0.3) is 0 Å². The summed E-state index contributed by atoms with van der Waals surface area (Å²) in [5, 5.41) is 0.762. The summed E-state index contributed by atoms with van der Waals surface area (Å²) in [4.78, 5) is 13.4. The molecule has 164 valence electrons. The van der Waals surface area contributed by atoms with Crippen molar-refractivity contribution in [1.82, 2.24) is 14.5 Å². The van der Waals surface area contributed by atoms with E-state index >= 15 is 0 Å². The SMILES string of the molecule is Cc1nccn1Cc1cccc(CN=C(N)N2CCN(c3ccc(Cl)cc3)CC2)c1.I. The summed E-state index contributed by atoms with van der Waals surface area (Å²) in [7, 11) is 0. The molecule has 1 saturated heterocycles. The standard InChI is InChI=1S/C23H27ClN6.HI/c1-18-26-9-10-30(18)17-20-4-2-3-19(15-20)16-27-23(25)29-13-11-28(12-14-29)22-7-5-21(24)6-8-22;/h2-10,15H,11-14,16-17H2,1H3,(H2,25,27);1H. The Balaban J connectivity index is 0.00000272. The quantitative estimate of drug-likeness (QED) is 0.295. The highest BCUT2D eigenvalue weighted by Crippen LogP contribution is 2.19. The summed E-state index contributed by atoms with van der Waals surface area (Å²) in [6, 6.07) is 16.5. The van der Waals surface area contributed by atoms with Gasteiger partial charge in [0.05, 0.1) is 6.54 Å². The first kappa shape index (κ1) is 23.4. The molecule has 2 heterocycles. The second-order valence-corrected chi connectivity index (χ2v) is 7.98. The molecular weight excluding hydrogens is 523 g/mol. The van der Waals surface area contributed by atoms with Crippen molar-refractivity contribution in [1.29, 1.82) is 0 Å². The normalized spacial score (nSPS) is 14.5. The molecule has 1 fully saturated rings. The molecule has 4 rings (SSSR count). The van der Waals surface area contributed by atoms with Crippen molar-refractivity contribution in [3.63, 3.8) is 0 Å². The number of rotatable bonds is 5. The lowest BCUT2D eigenvalue weighted by molar-refractivity contribution is 0.380. The lowest BCUT2D eigenvalue weighted by Gasteiger charge is -2.36. The molecule has 0 radical (unpaired) electrons. The van der Waals surface area contributed by atoms with Crippen LogP contribution in [-0.2, 0) is 13.1 Å². The van der Waals surface area contributed by atoms with E-state index in [1.165, 1.54) is 11.3 Å². The number of anilines is 1. The van der Waals surface area contributed by atoms with Gasteiger partial charge in [0.2, 0.25) is 0 Å². The van der Waals surface area contributed by atoms with Gasteiger partial charge >= 0.3 is 0 Å². The van der Waals surface area contributed by atoms with Crippen LogP contribution in [0.1, 0.15) is 17.0 Å². The van der Waals surface area contributed by atoms with Crippen molar-refractivity contribution < 1.29 is 0 Å². The minimum atomic E-state index is 0. The summed E-state index contributed by atoms with van der Waals surface area (Å²) in [5.74, 6) is 1.63. The molecule has 2 aromatic carbocycles. The molecule has 0 saturated carbocycles. The van der Waals surface area contributed by atoms with Gasteiger partial charge in [-0.25, -0.2) is 9.98 Å². The topological polar surface area (TPSA) is 62.7 Å². The van der Waals surface area contributed by atoms with Crippen molar-refractivity contribution in [2.24, 2.45) is 10.7 Å². The van der Waals surface area contributed by atoms with Crippen LogP contribution in [0.2, 0.25) is 5.02 Å². The van der Waals surface area contributed by atoms with Gasteiger partial charge in [-0.1, -0.05) is 35.9 Å². The molecular formula is C23H28ClIN6. The van der Waals surface area contributed by atoms with Gasteiger partial charge < -0.3 is 20.1 Å². The van der Waals surface area contributed by atoms with Gasteiger partial charge in [-0.3, -0.25) is 0 Å². The van der Waals surface area contributed by atoms with Crippen LogP contribution in [0.25, 0.3) is 0 Å². The predicted molar refractivity (Wildman–Crippen MR) is 138 cm³/mol. The molecule has 31 heavy (non-hydrogen) atoms. The number of benzene rings is 2. The average Bonchev–Trinajstić information content (AvgIpc) is 3.17. The third-order valence-corrected chi connectivity index (χ3v) is 5.74. The van der Waals surface area contributed by atoms with Crippen LogP contribution in [0.3, 0.4) is 0 Å². The largest absolute Gasteiger partial charge is 0.370 e. The number of halogens is 2. The van der Waals surface area contributed by atoms with Crippen molar-refractivity contribution in [2.45, 2.75) is 20.0 Å². The Bertz CT molecular complexity index is 1010.